The summed E-state index contributed by atoms with van der Waals surface area (Å²) in [6.07, 6.45) is 2.59. The number of amides is 1. The fourth-order valence-electron chi connectivity index (χ4n) is 2.29. The van der Waals surface area contributed by atoms with Crippen molar-refractivity contribution in [1.82, 2.24) is 9.80 Å². The van der Waals surface area contributed by atoms with E-state index >= 15 is 0 Å². The molecule has 0 unspecified atom stereocenters. The van der Waals surface area contributed by atoms with Gasteiger partial charge >= 0.3 is 0 Å². The third-order valence-electron chi connectivity index (χ3n) is 3.37. The van der Waals surface area contributed by atoms with Crippen molar-refractivity contribution in [3.8, 4) is 0 Å². The Labute approximate surface area is 131 Å². The zero-order valence-corrected chi connectivity index (χ0v) is 13.5. The molecular formula is C12H23IN4O2. The highest BCUT2D eigenvalue weighted by Crippen LogP contribution is 2.09. The van der Waals surface area contributed by atoms with Gasteiger partial charge in [-0.25, -0.2) is 0 Å². The number of ether oxygens (including phenoxy) is 1. The Morgan fingerprint density at radius 1 is 1.32 bits per heavy atom. The molecule has 0 aromatic heterocycles. The highest BCUT2D eigenvalue weighted by molar-refractivity contribution is 14.0. The topological polar surface area (TPSA) is 71.2 Å². The molecule has 110 valence electrons. The highest BCUT2D eigenvalue weighted by atomic mass is 127. The van der Waals surface area contributed by atoms with Gasteiger partial charge in [-0.2, -0.15) is 0 Å². The standard InChI is InChI=1S/C12H22N4O2.HI/c13-12(16-7-9-18-10-8-16)14-4-2-6-15-5-1-3-11(15)17;/h1-10H2,(H2,13,14);1H. The van der Waals surface area contributed by atoms with Crippen LogP contribution in [0.15, 0.2) is 4.99 Å². The maximum Gasteiger partial charge on any atom is 0.222 e. The van der Waals surface area contributed by atoms with Gasteiger partial charge in [-0.15, -0.1) is 24.0 Å². The number of hydrogen-bond donors (Lipinski definition) is 1. The summed E-state index contributed by atoms with van der Waals surface area (Å²) in [4.78, 5) is 19.7. The molecule has 2 aliphatic rings. The van der Waals surface area contributed by atoms with E-state index in [1.807, 2.05) is 9.80 Å². The van der Waals surface area contributed by atoms with Gasteiger partial charge in [0.25, 0.3) is 0 Å². The van der Waals surface area contributed by atoms with Crippen LogP contribution in [0.3, 0.4) is 0 Å². The fraction of sp³-hybridized carbons (Fsp3) is 0.833. The van der Waals surface area contributed by atoms with Crippen molar-refractivity contribution >= 4 is 35.8 Å². The minimum atomic E-state index is 0. The van der Waals surface area contributed by atoms with Crippen molar-refractivity contribution in [3.05, 3.63) is 0 Å². The summed E-state index contributed by atoms with van der Waals surface area (Å²) in [6.45, 7) is 5.48. The third-order valence-corrected chi connectivity index (χ3v) is 3.37. The molecule has 2 fully saturated rings. The van der Waals surface area contributed by atoms with Gasteiger partial charge in [-0.1, -0.05) is 0 Å². The summed E-state index contributed by atoms with van der Waals surface area (Å²) >= 11 is 0. The molecule has 6 nitrogen and oxygen atoms in total. The van der Waals surface area contributed by atoms with Gasteiger partial charge in [0.2, 0.25) is 5.91 Å². The molecule has 0 saturated carbocycles. The van der Waals surface area contributed by atoms with Crippen LogP contribution in [0.4, 0.5) is 0 Å². The van der Waals surface area contributed by atoms with Crippen molar-refractivity contribution in [3.63, 3.8) is 0 Å². The number of hydrogen-bond acceptors (Lipinski definition) is 3. The van der Waals surface area contributed by atoms with Crippen molar-refractivity contribution in [2.45, 2.75) is 19.3 Å². The molecular weight excluding hydrogens is 359 g/mol. The minimum absolute atomic E-state index is 0. The van der Waals surface area contributed by atoms with E-state index in [-0.39, 0.29) is 29.9 Å². The number of nitrogens with two attached hydrogens (primary N) is 1. The summed E-state index contributed by atoms with van der Waals surface area (Å²) in [7, 11) is 0. The maximum absolute atomic E-state index is 11.4. The lowest BCUT2D eigenvalue weighted by molar-refractivity contribution is -0.127. The predicted molar refractivity (Wildman–Crippen MR) is 84.7 cm³/mol. The summed E-state index contributed by atoms with van der Waals surface area (Å²) in [5, 5.41) is 0. The second kappa shape index (κ2) is 8.57. The van der Waals surface area contributed by atoms with Crippen molar-refractivity contribution < 1.29 is 9.53 Å². The lowest BCUT2D eigenvalue weighted by Crippen LogP contribution is -2.44. The van der Waals surface area contributed by atoms with E-state index in [0.717, 1.165) is 52.2 Å². The summed E-state index contributed by atoms with van der Waals surface area (Å²) < 4.78 is 5.26. The molecule has 2 N–H and O–H groups in total. The summed E-state index contributed by atoms with van der Waals surface area (Å²) in [5.41, 5.74) is 5.91. The number of morpholine rings is 1. The molecule has 0 radical (unpaired) electrons. The van der Waals surface area contributed by atoms with Gasteiger partial charge in [0, 0.05) is 39.1 Å². The van der Waals surface area contributed by atoms with Crippen molar-refractivity contribution in [1.29, 1.82) is 0 Å². The van der Waals surface area contributed by atoms with Crippen LogP contribution < -0.4 is 5.73 Å². The zero-order valence-electron chi connectivity index (χ0n) is 11.2. The van der Waals surface area contributed by atoms with Crippen LogP contribution in [0.5, 0.6) is 0 Å². The number of carbonyl (C=O) groups is 1. The molecule has 0 aromatic carbocycles. The highest BCUT2D eigenvalue weighted by Gasteiger charge is 2.19. The van der Waals surface area contributed by atoms with Gasteiger partial charge in [0.1, 0.15) is 0 Å². The molecule has 0 spiro atoms. The number of carbonyl (C=O) groups excluding carboxylic acids is 1. The number of aliphatic imine (C=N–C) groups is 1. The smallest absolute Gasteiger partial charge is 0.222 e. The largest absolute Gasteiger partial charge is 0.378 e. The number of nitrogens with zero attached hydrogens (tertiary/aromatic N) is 3. The van der Waals surface area contributed by atoms with Gasteiger partial charge in [-0.3, -0.25) is 9.79 Å². The van der Waals surface area contributed by atoms with Crippen molar-refractivity contribution in [2.24, 2.45) is 10.7 Å². The SMILES string of the molecule is I.NC(=NCCCN1CCCC1=O)N1CCOCC1. The normalized spacial score (nSPS) is 20.6. The third kappa shape index (κ3) is 5.13. The molecule has 19 heavy (non-hydrogen) atoms. The van der Waals surface area contributed by atoms with Crippen LogP contribution in [-0.4, -0.2) is 67.6 Å². The quantitative estimate of drug-likeness (QED) is 0.328. The lowest BCUT2D eigenvalue weighted by Gasteiger charge is -2.27. The first kappa shape index (κ1) is 16.5. The average Bonchev–Trinajstić information content (AvgIpc) is 2.81. The van der Waals surface area contributed by atoms with E-state index in [9.17, 15) is 4.79 Å². The van der Waals surface area contributed by atoms with Gasteiger partial charge in [0.05, 0.1) is 13.2 Å². The van der Waals surface area contributed by atoms with Crippen molar-refractivity contribution in [2.75, 3.05) is 45.9 Å². The Morgan fingerprint density at radius 3 is 2.68 bits per heavy atom. The Bertz CT molecular complexity index is 319. The summed E-state index contributed by atoms with van der Waals surface area (Å²) in [5.74, 6) is 0.881. The zero-order chi connectivity index (χ0) is 12.8. The van der Waals surface area contributed by atoms with E-state index < -0.39 is 0 Å². The van der Waals surface area contributed by atoms with Crippen LogP contribution >= 0.6 is 24.0 Å². The van der Waals surface area contributed by atoms with Gasteiger partial charge in [0.15, 0.2) is 5.96 Å². The molecule has 2 heterocycles. The first-order valence-electron chi connectivity index (χ1n) is 6.68. The van der Waals surface area contributed by atoms with Crippen LogP contribution in [0.1, 0.15) is 19.3 Å². The Balaban J connectivity index is 0.00000180. The monoisotopic (exact) mass is 382 g/mol. The van der Waals surface area contributed by atoms with E-state index in [4.69, 9.17) is 10.5 Å². The molecule has 2 aliphatic heterocycles. The molecule has 0 bridgehead atoms. The molecule has 0 aromatic rings. The first-order valence-corrected chi connectivity index (χ1v) is 6.68. The van der Waals surface area contributed by atoms with E-state index in [1.54, 1.807) is 0 Å². The van der Waals surface area contributed by atoms with Crippen LogP contribution in [0.25, 0.3) is 0 Å². The average molecular weight is 382 g/mol. The molecule has 2 saturated heterocycles. The Kier molecular flexibility index (Phi) is 7.44. The molecule has 7 heteroatoms. The van der Waals surface area contributed by atoms with Crippen LogP contribution in [0.2, 0.25) is 0 Å². The molecule has 2 rings (SSSR count). The van der Waals surface area contributed by atoms with E-state index in [2.05, 4.69) is 4.99 Å². The van der Waals surface area contributed by atoms with Crippen LogP contribution in [0, 0.1) is 0 Å². The van der Waals surface area contributed by atoms with E-state index in [1.165, 1.54) is 0 Å². The number of guanidine groups is 1. The Hall–Kier alpha value is -0.570. The lowest BCUT2D eigenvalue weighted by atomic mass is 10.4. The summed E-state index contributed by atoms with van der Waals surface area (Å²) in [6, 6.07) is 0. The minimum Gasteiger partial charge on any atom is -0.378 e. The second-order valence-corrected chi connectivity index (χ2v) is 4.68. The number of likely N-dealkylation sites (tertiary alicyclic amines) is 1. The molecule has 0 aliphatic carbocycles. The molecule has 0 atom stereocenters. The Morgan fingerprint density at radius 2 is 2.05 bits per heavy atom. The van der Waals surface area contributed by atoms with Crippen LogP contribution in [-0.2, 0) is 9.53 Å². The number of rotatable bonds is 4. The maximum atomic E-state index is 11.4. The fourth-order valence-corrected chi connectivity index (χ4v) is 2.29. The first-order chi connectivity index (χ1) is 8.77. The second-order valence-electron chi connectivity index (χ2n) is 4.68. The van der Waals surface area contributed by atoms with E-state index in [0.29, 0.717) is 18.9 Å². The van der Waals surface area contributed by atoms with Gasteiger partial charge in [-0.05, 0) is 12.8 Å². The predicted octanol–water partition coefficient (Wildman–Crippen LogP) is 0.264. The molecule has 1 amide bonds. The van der Waals surface area contributed by atoms with Gasteiger partial charge < -0.3 is 20.3 Å². The number of halogens is 1.